The summed E-state index contributed by atoms with van der Waals surface area (Å²) in [6.45, 7) is 9.28. The van der Waals surface area contributed by atoms with Gasteiger partial charge in [0.25, 0.3) is 0 Å². The maximum Gasteiger partial charge on any atom is 0.234 e. The van der Waals surface area contributed by atoms with E-state index in [0.717, 1.165) is 48.0 Å². The van der Waals surface area contributed by atoms with Crippen molar-refractivity contribution < 1.29 is 4.79 Å². The predicted octanol–water partition coefficient (Wildman–Crippen LogP) is 4.44. The minimum atomic E-state index is -0.0248. The number of nitrogens with zero attached hydrogens (tertiary/aromatic N) is 4. The Kier molecular flexibility index (Phi) is 8.51. The summed E-state index contributed by atoms with van der Waals surface area (Å²) in [5.74, 6) is 1.28. The first-order chi connectivity index (χ1) is 13.4. The van der Waals surface area contributed by atoms with Crippen LogP contribution in [0.25, 0.3) is 0 Å². The van der Waals surface area contributed by atoms with Crippen molar-refractivity contribution in [2.24, 2.45) is 0 Å². The molecule has 1 unspecified atom stereocenters. The molecule has 0 radical (unpaired) electrons. The standard InChI is InChI=1S/C21H33N5OS/c1-7-9-12-26-20(18(8-2)25(5)6)23-24-21(26)28-14-19(27)22-17-11-10-15(3)13-16(17)4/h10-11,13,18H,7-9,12,14H2,1-6H3,(H,22,27). The molecule has 1 aromatic carbocycles. The Morgan fingerprint density at radius 2 is 2.00 bits per heavy atom. The fourth-order valence-corrected chi connectivity index (χ4v) is 4.00. The number of amides is 1. The van der Waals surface area contributed by atoms with Crippen molar-refractivity contribution in [3.8, 4) is 0 Å². The van der Waals surface area contributed by atoms with Crippen LogP contribution in [0.2, 0.25) is 0 Å². The quantitative estimate of drug-likeness (QED) is 0.594. The highest BCUT2D eigenvalue weighted by atomic mass is 32.2. The maximum atomic E-state index is 12.5. The second-order valence-electron chi connectivity index (χ2n) is 7.39. The van der Waals surface area contributed by atoms with Crippen molar-refractivity contribution in [1.29, 1.82) is 0 Å². The first-order valence-electron chi connectivity index (χ1n) is 9.96. The Morgan fingerprint density at radius 1 is 1.25 bits per heavy atom. The van der Waals surface area contributed by atoms with E-state index in [2.05, 4.69) is 59.0 Å². The average molecular weight is 404 g/mol. The van der Waals surface area contributed by atoms with Gasteiger partial charge in [0, 0.05) is 12.2 Å². The highest BCUT2D eigenvalue weighted by Gasteiger charge is 2.22. The van der Waals surface area contributed by atoms with Gasteiger partial charge in [0.2, 0.25) is 5.91 Å². The fourth-order valence-electron chi connectivity index (χ4n) is 3.23. The molecule has 154 valence electrons. The maximum absolute atomic E-state index is 12.5. The third kappa shape index (κ3) is 5.82. The number of carbonyl (C=O) groups excluding carboxylic acids is 1. The molecule has 1 heterocycles. The molecular weight excluding hydrogens is 370 g/mol. The summed E-state index contributed by atoms with van der Waals surface area (Å²) >= 11 is 1.45. The van der Waals surface area contributed by atoms with E-state index < -0.39 is 0 Å². The number of hydrogen-bond donors (Lipinski definition) is 1. The molecular formula is C21H33N5OS. The Labute approximate surface area is 173 Å². The zero-order valence-corrected chi connectivity index (χ0v) is 18.8. The van der Waals surface area contributed by atoms with Gasteiger partial charge in [-0.1, -0.05) is 49.7 Å². The smallest absolute Gasteiger partial charge is 0.234 e. The summed E-state index contributed by atoms with van der Waals surface area (Å²) in [5, 5.41) is 12.7. The van der Waals surface area contributed by atoms with Gasteiger partial charge in [-0.2, -0.15) is 0 Å². The molecule has 1 amide bonds. The van der Waals surface area contributed by atoms with E-state index in [1.807, 2.05) is 26.0 Å². The third-order valence-electron chi connectivity index (χ3n) is 4.78. The van der Waals surface area contributed by atoms with Crippen LogP contribution in [-0.4, -0.2) is 45.4 Å². The van der Waals surface area contributed by atoms with Crippen molar-refractivity contribution >= 4 is 23.4 Å². The molecule has 1 aromatic heterocycles. The van der Waals surface area contributed by atoms with E-state index >= 15 is 0 Å². The molecule has 0 saturated carbocycles. The Hall–Kier alpha value is -1.86. The van der Waals surface area contributed by atoms with Crippen LogP contribution in [0, 0.1) is 13.8 Å². The predicted molar refractivity (Wildman–Crippen MR) is 117 cm³/mol. The highest BCUT2D eigenvalue weighted by molar-refractivity contribution is 7.99. The number of nitrogens with one attached hydrogen (secondary N) is 1. The van der Waals surface area contributed by atoms with Crippen LogP contribution >= 0.6 is 11.8 Å². The molecule has 0 bridgehead atoms. The number of thioether (sulfide) groups is 1. The Bertz CT molecular complexity index is 787. The van der Waals surface area contributed by atoms with Gasteiger partial charge in [-0.05, 0) is 52.4 Å². The topological polar surface area (TPSA) is 63.1 Å². The van der Waals surface area contributed by atoms with Crippen LogP contribution in [0.3, 0.4) is 0 Å². The van der Waals surface area contributed by atoms with E-state index in [1.54, 1.807) is 0 Å². The fraction of sp³-hybridized carbons (Fsp3) is 0.571. The number of aromatic nitrogens is 3. The van der Waals surface area contributed by atoms with E-state index in [1.165, 1.54) is 17.3 Å². The zero-order chi connectivity index (χ0) is 20.7. The van der Waals surface area contributed by atoms with Crippen molar-refractivity contribution in [2.45, 2.75) is 64.7 Å². The molecule has 0 fully saturated rings. The lowest BCUT2D eigenvalue weighted by Gasteiger charge is -2.23. The number of rotatable bonds is 10. The minimum Gasteiger partial charge on any atom is -0.325 e. The molecule has 0 saturated heterocycles. The second kappa shape index (κ2) is 10.6. The van der Waals surface area contributed by atoms with Crippen LogP contribution < -0.4 is 5.32 Å². The van der Waals surface area contributed by atoms with Crippen molar-refractivity contribution in [3.05, 3.63) is 35.2 Å². The van der Waals surface area contributed by atoms with Crippen molar-refractivity contribution in [3.63, 3.8) is 0 Å². The first kappa shape index (κ1) is 22.4. The van der Waals surface area contributed by atoms with Gasteiger partial charge in [0.1, 0.15) is 0 Å². The molecule has 0 aliphatic carbocycles. The largest absolute Gasteiger partial charge is 0.325 e. The summed E-state index contributed by atoms with van der Waals surface area (Å²) in [5.41, 5.74) is 3.12. The lowest BCUT2D eigenvalue weighted by molar-refractivity contribution is -0.113. The summed E-state index contributed by atoms with van der Waals surface area (Å²) < 4.78 is 2.19. The average Bonchev–Trinajstić information content (AvgIpc) is 3.03. The molecule has 0 aliphatic heterocycles. The molecule has 2 aromatic rings. The van der Waals surface area contributed by atoms with E-state index in [4.69, 9.17) is 0 Å². The van der Waals surface area contributed by atoms with Crippen LogP contribution in [0.1, 0.15) is 56.1 Å². The van der Waals surface area contributed by atoms with Gasteiger partial charge in [-0.3, -0.25) is 9.69 Å². The summed E-state index contributed by atoms with van der Waals surface area (Å²) in [6.07, 6.45) is 3.14. The normalized spacial score (nSPS) is 12.4. The van der Waals surface area contributed by atoms with Gasteiger partial charge < -0.3 is 9.88 Å². The lowest BCUT2D eigenvalue weighted by Crippen LogP contribution is -2.23. The molecule has 0 spiro atoms. The van der Waals surface area contributed by atoms with Crippen LogP contribution in [-0.2, 0) is 11.3 Å². The van der Waals surface area contributed by atoms with E-state index in [9.17, 15) is 4.79 Å². The van der Waals surface area contributed by atoms with E-state index in [-0.39, 0.29) is 11.9 Å². The van der Waals surface area contributed by atoms with Gasteiger partial charge in [0.05, 0.1) is 11.8 Å². The number of carbonyl (C=O) groups is 1. The molecule has 0 aliphatic rings. The number of unbranched alkanes of at least 4 members (excludes halogenated alkanes) is 1. The summed E-state index contributed by atoms with van der Waals surface area (Å²) in [6, 6.07) is 6.26. The number of aryl methyl sites for hydroxylation is 2. The minimum absolute atomic E-state index is 0.0248. The summed E-state index contributed by atoms with van der Waals surface area (Å²) in [4.78, 5) is 14.6. The highest BCUT2D eigenvalue weighted by Crippen LogP contribution is 2.26. The third-order valence-corrected chi connectivity index (χ3v) is 5.74. The van der Waals surface area contributed by atoms with Crippen LogP contribution in [0.4, 0.5) is 5.69 Å². The molecule has 2 rings (SSSR count). The monoisotopic (exact) mass is 403 g/mol. The van der Waals surface area contributed by atoms with E-state index in [0.29, 0.717) is 5.75 Å². The van der Waals surface area contributed by atoms with Crippen molar-refractivity contribution in [1.82, 2.24) is 19.7 Å². The van der Waals surface area contributed by atoms with Gasteiger partial charge in [0.15, 0.2) is 11.0 Å². The molecule has 1 atom stereocenters. The molecule has 6 nitrogen and oxygen atoms in total. The molecule has 28 heavy (non-hydrogen) atoms. The zero-order valence-electron chi connectivity index (χ0n) is 18.0. The van der Waals surface area contributed by atoms with Crippen LogP contribution in [0.5, 0.6) is 0 Å². The van der Waals surface area contributed by atoms with Crippen LogP contribution in [0.15, 0.2) is 23.4 Å². The Morgan fingerprint density at radius 3 is 2.61 bits per heavy atom. The number of anilines is 1. The lowest BCUT2D eigenvalue weighted by atomic mass is 10.1. The van der Waals surface area contributed by atoms with Gasteiger partial charge >= 0.3 is 0 Å². The number of hydrogen-bond acceptors (Lipinski definition) is 5. The summed E-state index contributed by atoms with van der Waals surface area (Å²) in [7, 11) is 4.13. The molecule has 7 heteroatoms. The van der Waals surface area contributed by atoms with Gasteiger partial charge in [-0.15, -0.1) is 10.2 Å². The SMILES string of the molecule is CCCCn1c(SCC(=O)Nc2ccc(C)cc2C)nnc1C(CC)N(C)C. The second-order valence-corrected chi connectivity index (χ2v) is 8.33. The van der Waals surface area contributed by atoms with Crippen molar-refractivity contribution in [2.75, 3.05) is 25.2 Å². The first-order valence-corrected chi connectivity index (χ1v) is 10.9. The number of benzene rings is 1. The van der Waals surface area contributed by atoms with Gasteiger partial charge in [-0.25, -0.2) is 0 Å². The Balaban J connectivity index is 2.09. The molecule has 1 N–H and O–H groups in total.